The highest BCUT2D eigenvalue weighted by atomic mass is 79.9. The Morgan fingerprint density at radius 1 is 1.24 bits per heavy atom. The largest absolute Gasteiger partial charge is 0.496 e. The SMILES string of the molecule is COc1cccc(NC2CCN(c3ccc(Br)c(OC)n3)C2=O)c1C. The fraction of sp³-hybridized carbons (Fsp3) is 0.333. The highest BCUT2D eigenvalue weighted by molar-refractivity contribution is 9.10. The maximum Gasteiger partial charge on any atom is 0.250 e. The monoisotopic (exact) mass is 405 g/mol. The lowest BCUT2D eigenvalue weighted by molar-refractivity contribution is -0.117. The van der Waals surface area contributed by atoms with Gasteiger partial charge in [-0.05, 0) is 53.5 Å². The zero-order valence-electron chi connectivity index (χ0n) is 14.4. The van der Waals surface area contributed by atoms with Gasteiger partial charge in [0.05, 0.1) is 18.7 Å². The number of hydrogen-bond acceptors (Lipinski definition) is 5. The Bertz CT molecular complexity index is 797. The van der Waals surface area contributed by atoms with E-state index < -0.39 is 0 Å². The summed E-state index contributed by atoms with van der Waals surface area (Å²) in [5.74, 6) is 1.85. The van der Waals surface area contributed by atoms with E-state index in [4.69, 9.17) is 9.47 Å². The number of benzene rings is 1. The van der Waals surface area contributed by atoms with Crippen molar-refractivity contribution in [2.45, 2.75) is 19.4 Å². The van der Waals surface area contributed by atoms with E-state index in [0.29, 0.717) is 24.7 Å². The van der Waals surface area contributed by atoms with Gasteiger partial charge in [0.25, 0.3) is 5.91 Å². The van der Waals surface area contributed by atoms with Crippen LogP contribution in [0.4, 0.5) is 11.5 Å². The fourth-order valence-electron chi connectivity index (χ4n) is 2.93. The van der Waals surface area contributed by atoms with Gasteiger partial charge in [0, 0.05) is 17.8 Å². The zero-order valence-corrected chi connectivity index (χ0v) is 16.0. The molecule has 0 saturated carbocycles. The van der Waals surface area contributed by atoms with Crippen LogP contribution in [0.15, 0.2) is 34.8 Å². The predicted molar refractivity (Wildman–Crippen MR) is 101 cm³/mol. The number of methoxy groups -OCH3 is 2. The second kappa shape index (κ2) is 7.31. The van der Waals surface area contributed by atoms with E-state index in [2.05, 4.69) is 26.2 Å². The van der Waals surface area contributed by atoms with E-state index in [1.807, 2.05) is 37.3 Å². The molecule has 2 aromatic rings. The molecule has 1 saturated heterocycles. The molecule has 132 valence electrons. The summed E-state index contributed by atoms with van der Waals surface area (Å²) < 4.78 is 11.3. The molecule has 1 aliphatic rings. The summed E-state index contributed by atoms with van der Waals surface area (Å²) in [4.78, 5) is 18.9. The maximum atomic E-state index is 12.8. The molecule has 1 fully saturated rings. The standard InChI is InChI=1S/C18H20BrN3O3/c1-11-13(5-4-6-15(11)24-2)20-14-9-10-22(18(14)23)16-8-7-12(19)17(21-16)25-3/h4-8,14,20H,9-10H2,1-3H3. The third kappa shape index (κ3) is 3.42. The Morgan fingerprint density at radius 3 is 2.76 bits per heavy atom. The second-order valence-electron chi connectivity index (χ2n) is 5.77. The number of aromatic nitrogens is 1. The van der Waals surface area contributed by atoms with Crippen LogP contribution in [0.25, 0.3) is 0 Å². The van der Waals surface area contributed by atoms with Crippen LogP contribution in [0.1, 0.15) is 12.0 Å². The molecule has 3 rings (SSSR count). The molecule has 25 heavy (non-hydrogen) atoms. The predicted octanol–water partition coefficient (Wildman–Crippen LogP) is 3.39. The van der Waals surface area contributed by atoms with Gasteiger partial charge in [-0.3, -0.25) is 9.69 Å². The van der Waals surface area contributed by atoms with Gasteiger partial charge in [-0.2, -0.15) is 4.98 Å². The molecule has 0 bridgehead atoms. The fourth-order valence-corrected chi connectivity index (χ4v) is 3.31. The molecule has 1 aromatic heterocycles. The van der Waals surface area contributed by atoms with Crippen LogP contribution in [-0.4, -0.2) is 37.7 Å². The number of hydrogen-bond donors (Lipinski definition) is 1. The number of nitrogens with one attached hydrogen (secondary N) is 1. The van der Waals surface area contributed by atoms with Gasteiger partial charge in [-0.1, -0.05) is 6.07 Å². The smallest absolute Gasteiger partial charge is 0.250 e. The third-order valence-electron chi connectivity index (χ3n) is 4.31. The summed E-state index contributed by atoms with van der Waals surface area (Å²) in [6.07, 6.45) is 0.704. The van der Waals surface area contributed by atoms with Crippen molar-refractivity contribution in [2.75, 3.05) is 31.0 Å². The lowest BCUT2D eigenvalue weighted by Gasteiger charge is -2.19. The van der Waals surface area contributed by atoms with Crippen molar-refractivity contribution in [3.63, 3.8) is 0 Å². The van der Waals surface area contributed by atoms with Gasteiger partial charge in [0.2, 0.25) is 5.88 Å². The van der Waals surface area contributed by atoms with E-state index >= 15 is 0 Å². The lowest BCUT2D eigenvalue weighted by Crippen LogP contribution is -2.34. The minimum absolute atomic E-state index is 0.000838. The highest BCUT2D eigenvalue weighted by Crippen LogP contribution is 2.30. The summed E-state index contributed by atoms with van der Waals surface area (Å²) in [5.41, 5.74) is 1.89. The molecule has 1 unspecified atom stereocenters. The Labute approximate surface area is 155 Å². The summed E-state index contributed by atoms with van der Waals surface area (Å²) in [6, 6.07) is 9.12. The van der Waals surface area contributed by atoms with E-state index in [9.17, 15) is 4.79 Å². The van der Waals surface area contributed by atoms with Gasteiger partial charge in [-0.25, -0.2) is 0 Å². The van der Waals surface area contributed by atoms with Gasteiger partial charge in [-0.15, -0.1) is 0 Å². The van der Waals surface area contributed by atoms with Crippen molar-refractivity contribution < 1.29 is 14.3 Å². The Balaban J connectivity index is 1.78. The van der Waals surface area contributed by atoms with Gasteiger partial charge in [0.1, 0.15) is 17.6 Å². The van der Waals surface area contributed by atoms with Crippen molar-refractivity contribution >= 4 is 33.3 Å². The summed E-state index contributed by atoms with van der Waals surface area (Å²) >= 11 is 3.38. The molecule has 7 heteroatoms. The van der Waals surface area contributed by atoms with Crippen molar-refractivity contribution in [1.82, 2.24) is 4.98 Å². The van der Waals surface area contributed by atoms with Crippen LogP contribution in [0, 0.1) is 6.92 Å². The van der Waals surface area contributed by atoms with Crippen molar-refractivity contribution in [3.05, 3.63) is 40.4 Å². The Kier molecular flexibility index (Phi) is 5.13. The molecule has 0 spiro atoms. The first-order valence-corrected chi connectivity index (χ1v) is 8.76. The summed E-state index contributed by atoms with van der Waals surface area (Å²) in [5, 5.41) is 3.33. The number of nitrogens with zero attached hydrogens (tertiary/aromatic N) is 2. The topological polar surface area (TPSA) is 63.7 Å². The first kappa shape index (κ1) is 17.5. The quantitative estimate of drug-likeness (QED) is 0.825. The average molecular weight is 406 g/mol. The zero-order chi connectivity index (χ0) is 18.0. The van der Waals surface area contributed by atoms with Crippen molar-refractivity contribution in [3.8, 4) is 11.6 Å². The van der Waals surface area contributed by atoms with E-state index in [-0.39, 0.29) is 11.9 Å². The molecule has 1 amide bonds. The number of halogens is 1. The minimum Gasteiger partial charge on any atom is -0.496 e. The molecule has 1 aromatic carbocycles. The van der Waals surface area contributed by atoms with Crippen LogP contribution in [0.3, 0.4) is 0 Å². The highest BCUT2D eigenvalue weighted by Gasteiger charge is 2.33. The van der Waals surface area contributed by atoms with E-state index in [1.165, 1.54) is 0 Å². The number of amides is 1. The normalized spacial score (nSPS) is 16.9. The van der Waals surface area contributed by atoms with Gasteiger partial charge >= 0.3 is 0 Å². The number of ether oxygens (including phenoxy) is 2. The van der Waals surface area contributed by atoms with Crippen LogP contribution in [0.2, 0.25) is 0 Å². The molecule has 6 nitrogen and oxygen atoms in total. The number of carbonyl (C=O) groups is 1. The van der Waals surface area contributed by atoms with Crippen LogP contribution in [0.5, 0.6) is 11.6 Å². The molecule has 0 radical (unpaired) electrons. The Hall–Kier alpha value is -2.28. The first-order chi connectivity index (χ1) is 12.0. The summed E-state index contributed by atoms with van der Waals surface area (Å²) in [6.45, 7) is 2.58. The van der Waals surface area contributed by atoms with Crippen molar-refractivity contribution in [1.29, 1.82) is 0 Å². The number of rotatable bonds is 5. The Morgan fingerprint density at radius 2 is 2.04 bits per heavy atom. The second-order valence-corrected chi connectivity index (χ2v) is 6.62. The number of carbonyl (C=O) groups excluding carboxylic acids is 1. The average Bonchev–Trinajstić information content (AvgIpc) is 2.98. The van der Waals surface area contributed by atoms with E-state index in [0.717, 1.165) is 21.5 Å². The van der Waals surface area contributed by atoms with Crippen LogP contribution < -0.4 is 19.7 Å². The summed E-state index contributed by atoms with van der Waals surface area (Å²) in [7, 11) is 3.19. The molecular formula is C18H20BrN3O3. The maximum absolute atomic E-state index is 12.8. The van der Waals surface area contributed by atoms with Crippen LogP contribution in [-0.2, 0) is 4.79 Å². The van der Waals surface area contributed by atoms with Crippen LogP contribution >= 0.6 is 15.9 Å². The molecular weight excluding hydrogens is 386 g/mol. The van der Waals surface area contributed by atoms with Gasteiger partial charge in [0.15, 0.2) is 0 Å². The molecule has 1 N–H and O–H groups in total. The molecule has 1 atom stereocenters. The molecule has 0 aliphatic carbocycles. The van der Waals surface area contributed by atoms with Gasteiger partial charge < -0.3 is 14.8 Å². The van der Waals surface area contributed by atoms with Crippen molar-refractivity contribution in [2.24, 2.45) is 0 Å². The lowest BCUT2D eigenvalue weighted by atomic mass is 10.1. The van der Waals surface area contributed by atoms with E-state index in [1.54, 1.807) is 19.1 Å². The first-order valence-electron chi connectivity index (χ1n) is 7.97. The number of pyridine rings is 1. The molecule has 1 aliphatic heterocycles. The molecule has 2 heterocycles. The third-order valence-corrected chi connectivity index (χ3v) is 4.91. The number of anilines is 2. The minimum atomic E-state index is -0.290.